The molecule has 1 atom stereocenters. The number of benzene rings is 1. The van der Waals surface area contributed by atoms with Crippen molar-refractivity contribution in [1.82, 2.24) is 15.2 Å². The number of unbranched alkanes of at least 4 members (excludes halogenated alkanes) is 1. The van der Waals surface area contributed by atoms with Crippen molar-refractivity contribution in [2.24, 2.45) is 0 Å². The molecule has 2 heterocycles. The molecule has 1 saturated heterocycles. The van der Waals surface area contributed by atoms with E-state index in [0.717, 1.165) is 62.1 Å². The molecule has 0 bridgehead atoms. The smallest absolute Gasteiger partial charge is 0.237 e. The first-order valence-corrected chi connectivity index (χ1v) is 10.9. The van der Waals surface area contributed by atoms with E-state index >= 15 is 0 Å². The van der Waals surface area contributed by atoms with Crippen molar-refractivity contribution in [1.29, 1.82) is 0 Å². The molecular formula is C24H33N3O3. The third-order valence-electron chi connectivity index (χ3n) is 5.48. The van der Waals surface area contributed by atoms with E-state index < -0.39 is 0 Å². The van der Waals surface area contributed by atoms with Gasteiger partial charge in [0.25, 0.3) is 0 Å². The van der Waals surface area contributed by atoms with Gasteiger partial charge in [0.15, 0.2) is 11.5 Å². The minimum Gasteiger partial charge on any atom is -0.493 e. The van der Waals surface area contributed by atoms with Gasteiger partial charge in [-0.3, -0.25) is 14.7 Å². The number of ether oxygens (including phenoxy) is 2. The third-order valence-corrected chi connectivity index (χ3v) is 5.48. The molecule has 0 saturated carbocycles. The highest BCUT2D eigenvalue weighted by molar-refractivity contribution is 5.81. The number of rotatable bonds is 10. The number of aromatic nitrogens is 1. The lowest BCUT2D eigenvalue weighted by atomic mass is 10.0. The second kappa shape index (κ2) is 11.6. The molecule has 2 aromatic rings. The SMILES string of the molecule is CCCCOc1ccc(CNC(=O)C2CCCCN2Cc2cccnc2)cc1OC. The highest BCUT2D eigenvalue weighted by Gasteiger charge is 2.28. The molecule has 1 aliphatic rings. The van der Waals surface area contributed by atoms with Gasteiger partial charge in [0.1, 0.15) is 0 Å². The van der Waals surface area contributed by atoms with Crippen molar-refractivity contribution >= 4 is 5.91 Å². The average molecular weight is 412 g/mol. The van der Waals surface area contributed by atoms with Gasteiger partial charge in [0.2, 0.25) is 5.91 Å². The average Bonchev–Trinajstić information content (AvgIpc) is 2.79. The standard InChI is InChI=1S/C24H33N3O3/c1-3-4-14-30-22-11-10-19(15-23(22)29-2)17-26-24(28)21-9-5-6-13-27(21)18-20-8-7-12-25-16-20/h7-8,10-12,15-16,21H,3-6,9,13-14,17-18H2,1-2H3,(H,26,28). The Labute approximate surface area is 179 Å². The van der Waals surface area contributed by atoms with Crippen LogP contribution in [0.4, 0.5) is 0 Å². The van der Waals surface area contributed by atoms with Gasteiger partial charge in [-0.2, -0.15) is 0 Å². The number of carbonyl (C=O) groups is 1. The molecule has 1 aromatic heterocycles. The van der Waals surface area contributed by atoms with E-state index in [4.69, 9.17) is 9.47 Å². The number of hydrogen-bond donors (Lipinski definition) is 1. The van der Waals surface area contributed by atoms with Crippen molar-refractivity contribution in [2.75, 3.05) is 20.3 Å². The van der Waals surface area contributed by atoms with Crippen molar-refractivity contribution in [3.8, 4) is 11.5 Å². The summed E-state index contributed by atoms with van der Waals surface area (Å²) in [6, 6.07) is 9.75. The van der Waals surface area contributed by atoms with Gasteiger partial charge in [0, 0.05) is 25.5 Å². The summed E-state index contributed by atoms with van der Waals surface area (Å²) in [7, 11) is 1.64. The van der Waals surface area contributed by atoms with Crippen LogP contribution in [0.2, 0.25) is 0 Å². The number of piperidine rings is 1. The molecule has 0 radical (unpaired) electrons. The number of carbonyl (C=O) groups excluding carboxylic acids is 1. The quantitative estimate of drug-likeness (QED) is 0.600. The summed E-state index contributed by atoms with van der Waals surface area (Å²) in [5.41, 5.74) is 2.14. The van der Waals surface area contributed by atoms with E-state index in [2.05, 4.69) is 28.2 Å². The van der Waals surface area contributed by atoms with Crippen molar-refractivity contribution in [3.05, 3.63) is 53.9 Å². The lowest BCUT2D eigenvalue weighted by Crippen LogP contribution is -2.48. The Morgan fingerprint density at radius 1 is 1.23 bits per heavy atom. The summed E-state index contributed by atoms with van der Waals surface area (Å²) in [6.07, 6.45) is 8.85. The summed E-state index contributed by atoms with van der Waals surface area (Å²) in [5, 5.41) is 3.11. The fourth-order valence-corrected chi connectivity index (χ4v) is 3.78. The first kappa shape index (κ1) is 22.1. The van der Waals surface area contributed by atoms with Crippen LogP contribution in [0.25, 0.3) is 0 Å². The van der Waals surface area contributed by atoms with Gasteiger partial charge in [-0.1, -0.05) is 31.9 Å². The van der Waals surface area contributed by atoms with Gasteiger partial charge in [-0.15, -0.1) is 0 Å². The molecule has 1 N–H and O–H groups in total. The number of nitrogens with zero attached hydrogens (tertiary/aromatic N) is 2. The molecule has 0 spiro atoms. The van der Waals surface area contributed by atoms with Crippen LogP contribution in [0, 0.1) is 0 Å². The fourth-order valence-electron chi connectivity index (χ4n) is 3.78. The van der Waals surface area contributed by atoms with Crippen LogP contribution >= 0.6 is 0 Å². The van der Waals surface area contributed by atoms with Crippen LogP contribution in [0.15, 0.2) is 42.7 Å². The Bertz CT molecular complexity index is 798. The van der Waals surface area contributed by atoms with Crippen molar-refractivity contribution in [2.45, 2.75) is 58.2 Å². The minimum atomic E-state index is -0.0995. The molecule has 1 aromatic carbocycles. The Morgan fingerprint density at radius 2 is 2.13 bits per heavy atom. The first-order valence-electron chi connectivity index (χ1n) is 10.9. The number of nitrogens with one attached hydrogen (secondary N) is 1. The maximum Gasteiger partial charge on any atom is 0.237 e. The molecule has 30 heavy (non-hydrogen) atoms. The van der Waals surface area contributed by atoms with Crippen LogP contribution in [0.3, 0.4) is 0 Å². The number of pyridine rings is 1. The number of likely N-dealkylation sites (tertiary alicyclic amines) is 1. The van der Waals surface area contributed by atoms with Gasteiger partial charge < -0.3 is 14.8 Å². The summed E-state index contributed by atoms with van der Waals surface area (Å²) in [6.45, 7) is 4.98. The molecule has 3 rings (SSSR count). The Kier molecular flexibility index (Phi) is 8.51. The van der Waals surface area contributed by atoms with Gasteiger partial charge in [0.05, 0.1) is 19.8 Å². The summed E-state index contributed by atoms with van der Waals surface area (Å²) in [4.78, 5) is 19.4. The van der Waals surface area contributed by atoms with Crippen molar-refractivity contribution in [3.63, 3.8) is 0 Å². The Balaban J connectivity index is 1.58. The Hall–Kier alpha value is -2.60. The van der Waals surface area contributed by atoms with E-state index in [0.29, 0.717) is 18.9 Å². The van der Waals surface area contributed by atoms with Crippen LogP contribution in [0.1, 0.15) is 50.2 Å². The maximum atomic E-state index is 12.9. The zero-order valence-corrected chi connectivity index (χ0v) is 18.1. The lowest BCUT2D eigenvalue weighted by molar-refractivity contribution is -0.128. The second-order valence-electron chi connectivity index (χ2n) is 7.75. The number of amides is 1. The topological polar surface area (TPSA) is 63.7 Å². The Morgan fingerprint density at radius 3 is 2.90 bits per heavy atom. The monoisotopic (exact) mass is 411 g/mol. The molecule has 162 valence electrons. The fraction of sp³-hybridized carbons (Fsp3) is 0.500. The van der Waals surface area contributed by atoms with Crippen LogP contribution < -0.4 is 14.8 Å². The predicted octanol–water partition coefficient (Wildman–Crippen LogP) is 3.94. The molecule has 6 nitrogen and oxygen atoms in total. The largest absolute Gasteiger partial charge is 0.493 e. The predicted molar refractivity (Wildman–Crippen MR) is 118 cm³/mol. The molecule has 1 amide bonds. The molecule has 1 aliphatic heterocycles. The van der Waals surface area contributed by atoms with Crippen LogP contribution in [-0.4, -0.2) is 42.1 Å². The van der Waals surface area contributed by atoms with Gasteiger partial charge in [-0.25, -0.2) is 0 Å². The highest BCUT2D eigenvalue weighted by Crippen LogP contribution is 2.28. The summed E-state index contributed by atoms with van der Waals surface area (Å²) in [5.74, 6) is 1.53. The van der Waals surface area contributed by atoms with E-state index in [9.17, 15) is 4.79 Å². The molecule has 6 heteroatoms. The summed E-state index contributed by atoms with van der Waals surface area (Å²) >= 11 is 0. The summed E-state index contributed by atoms with van der Waals surface area (Å²) < 4.78 is 11.3. The van der Waals surface area contributed by atoms with E-state index in [1.54, 1.807) is 13.3 Å². The van der Waals surface area contributed by atoms with Gasteiger partial charge in [-0.05, 0) is 55.1 Å². The molecular weight excluding hydrogens is 378 g/mol. The molecule has 1 fully saturated rings. The maximum absolute atomic E-state index is 12.9. The third kappa shape index (κ3) is 6.20. The van der Waals surface area contributed by atoms with Crippen LogP contribution in [-0.2, 0) is 17.9 Å². The zero-order valence-electron chi connectivity index (χ0n) is 18.1. The normalized spacial score (nSPS) is 16.8. The lowest BCUT2D eigenvalue weighted by Gasteiger charge is -2.34. The van der Waals surface area contributed by atoms with Crippen molar-refractivity contribution < 1.29 is 14.3 Å². The van der Waals surface area contributed by atoms with E-state index in [1.165, 1.54) is 0 Å². The number of methoxy groups -OCH3 is 1. The van der Waals surface area contributed by atoms with Gasteiger partial charge >= 0.3 is 0 Å². The van der Waals surface area contributed by atoms with E-state index in [-0.39, 0.29) is 11.9 Å². The number of hydrogen-bond acceptors (Lipinski definition) is 5. The van der Waals surface area contributed by atoms with Crippen LogP contribution in [0.5, 0.6) is 11.5 Å². The minimum absolute atomic E-state index is 0.0841. The molecule has 0 aliphatic carbocycles. The zero-order chi connectivity index (χ0) is 21.2. The highest BCUT2D eigenvalue weighted by atomic mass is 16.5. The first-order chi connectivity index (χ1) is 14.7. The van der Waals surface area contributed by atoms with E-state index in [1.807, 2.05) is 30.5 Å². The second-order valence-corrected chi connectivity index (χ2v) is 7.75. The molecule has 1 unspecified atom stereocenters.